The molecule has 1 aliphatic heterocycles. The van der Waals surface area contributed by atoms with Gasteiger partial charge in [0.1, 0.15) is 0 Å². The lowest BCUT2D eigenvalue weighted by atomic mass is 10.1. The Morgan fingerprint density at radius 3 is 2.47 bits per heavy atom. The van der Waals surface area contributed by atoms with Crippen LogP contribution in [0.15, 0.2) is 53.4 Å². The van der Waals surface area contributed by atoms with Gasteiger partial charge in [-0.25, -0.2) is 8.42 Å². The molecule has 162 valence electrons. The fraction of sp³-hybridized carbons (Fsp3) is 0.435. The summed E-state index contributed by atoms with van der Waals surface area (Å²) in [5.41, 5.74) is 2.98. The third-order valence-corrected chi connectivity index (χ3v) is 7.65. The Labute approximate surface area is 179 Å². The smallest absolute Gasteiger partial charge is 0.275 e. The molecule has 1 fully saturated rings. The Bertz CT molecular complexity index is 953. The fourth-order valence-corrected chi connectivity index (χ4v) is 5.55. The van der Waals surface area contributed by atoms with Crippen LogP contribution in [0.1, 0.15) is 23.1 Å². The number of hydrogen-bond acceptors (Lipinski definition) is 3. The second-order valence-corrected chi connectivity index (χ2v) is 9.95. The number of aryl methyl sites for hydroxylation is 3. The van der Waals surface area contributed by atoms with Crippen molar-refractivity contribution >= 4 is 15.9 Å². The molecule has 0 radical (unpaired) electrons. The zero-order chi connectivity index (χ0) is 21.6. The molecule has 2 N–H and O–H groups in total. The van der Waals surface area contributed by atoms with E-state index in [1.54, 1.807) is 10.4 Å². The number of carbonyl (C=O) groups is 1. The lowest BCUT2D eigenvalue weighted by Crippen LogP contribution is -3.15. The van der Waals surface area contributed by atoms with E-state index in [-0.39, 0.29) is 5.91 Å². The van der Waals surface area contributed by atoms with E-state index in [0.717, 1.165) is 28.9 Å². The van der Waals surface area contributed by atoms with Crippen molar-refractivity contribution in [1.82, 2.24) is 9.62 Å². The maximum absolute atomic E-state index is 13.0. The topological polar surface area (TPSA) is 70.9 Å². The monoisotopic (exact) mass is 430 g/mol. The largest absolute Gasteiger partial charge is 0.351 e. The van der Waals surface area contributed by atoms with Crippen LogP contribution < -0.4 is 10.2 Å². The van der Waals surface area contributed by atoms with Gasteiger partial charge < -0.3 is 10.2 Å². The molecule has 3 rings (SSSR count). The molecule has 2 aromatic carbocycles. The molecule has 2 aromatic rings. The van der Waals surface area contributed by atoms with E-state index in [4.69, 9.17) is 0 Å². The van der Waals surface area contributed by atoms with Gasteiger partial charge >= 0.3 is 0 Å². The summed E-state index contributed by atoms with van der Waals surface area (Å²) in [5.74, 6) is 0.0314. The van der Waals surface area contributed by atoms with Crippen molar-refractivity contribution in [3.05, 3.63) is 65.2 Å². The van der Waals surface area contributed by atoms with Gasteiger partial charge in [-0.05, 0) is 49.4 Å². The van der Waals surface area contributed by atoms with Gasteiger partial charge in [0.05, 0.1) is 31.1 Å². The second kappa shape index (κ2) is 10.2. The van der Waals surface area contributed by atoms with Crippen LogP contribution in [0.5, 0.6) is 0 Å². The van der Waals surface area contributed by atoms with Gasteiger partial charge in [-0.15, -0.1) is 0 Å². The predicted octanol–water partition coefficient (Wildman–Crippen LogP) is 0.942. The molecule has 6 nitrogen and oxygen atoms in total. The maximum atomic E-state index is 13.0. The van der Waals surface area contributed by atoms with E-state index in [1.807, 2.05) is 44.2 Å². The third kappa shape index (κ3) is 5.90. The first-order chi connectivity index (χ1) is 14.4. The lowest BCUT2D eigenvalue weighted by molar-refractivity contribution is -0.895. The van der Waals surface area contributed by atoms with Crippen LogP contribution in [0.2, 0.25) is 0 Å². The number of benzene rings is 2. The minimum Gasteiger partial charge on any atom is -0.351 e. The van der Waals surface area contributed by atoms with Gasteiger partial charge in [0.25, 0.3) is 5.91 Å². The van der Waals surface area contributed by atoms with Crippen LogP contribution in [0, 0.1) is 13.8 Å². The van der Waals surface area contributed by atoms with Crippen LogP contribution in [0.4, 0.5) is 0 Å². The molecule has 30 heavy (non-hydrogen) atoms. The lowest BCUT2D eigenvalue weighted by Gasteiger charge is -2.31. The first-order valence-electron chi connectivity index (χ1n) is 10.6. The number of hydrogen-bond donors (Lipinski definition) is 2. The number of sulfonamides is 1. The van der Waals surface area contributed by atoms with E-state index < -0.39 is 10.0 Å². The predicted molar refractivity (Wildman–Crippen MR) is 118 cm³/mol. The second-order valence-electron chi connectivity index (χ2n) is 8.04. The van der Waals surface area contributed by atoms with Crippen LogP contribution >= 0.6 is 0 Å². The summed E-state index contributed by atoms with van der Waals surface area (Å²) in [4.78, 5) is 13.8. The summed E-state index contributed by atoms with van der Waals surface area (Å²) in [7, 11) is -3.49. The fourth-order valence-electron chi connectivity index (χ4n) is 3.80. The Morgan fingerprint density at radius 1 is 1.07 bits per heavy atom. The highest BCUT2D eigenvalue weighted by Crippen LogP contribution is 2.21. The summed E-state index contributed by atoms with van der Waals surface area (Å²) in [5, 5.41) is 2.99. The van der Waals surface area contributed by atoms with E-state index in [2.05, 4.69) is 17.4 Å². The SMILES string of the molecule is Cc1ccc(C)c(S(=O)(=O)N2CC[NH+](CC(=O)NCCCc3ccccc3)CC2)c1. The number of quaternary nitrogens is 1. The van der Waals surface area contributed by atoms with Gasteiger partial charge in [0, 0.05) is 6.54 Å². The molecular weight excluding hydrogens is 398 g/mol. The van der Waals surface area contributed by atoms with Crippen molar-refractivity contribution in [1.29, 1.82) is 0 Å². The zero-order valence-corrected chi connectivity index (χ0v) is 18.7. The number of amides is 1. The van der Waals surface area contributed by atoms with Crippen molar-refractivity contribution < 1.29 is 18.1 Å². The van der Waals surface area contributed by atoms with Gasteiger partial charge in [0.2, 0.25) is 10.0 Å². The Hall–Kier alpha value is -2.22. The van der Waals surface area contributed by atoms with Crippen molar-refractivity contribution in [2.75, 3.05) is 39.3 Å². The quantitative estimate of drug-likeness (QED) is 0.613. The van der Waals surface area contributed by atoms with Crippen molar-refractivity contribution in [2.45, 2.75) is 31.6 Å². The van der Waals surface area contributed by atoms with Crippen LogP contribution in [0.25, 0.3) is 0 Å². The number of carbonyl (C=O) groups excluding carboxylic acids is 1. The van der Waals surface area contributed by atoms with E-state index >= 15 is 0 Å². The van der Waals surface area contributed by atoms with Crippen molar-refractivity contribution in [3.8, 4) is 0 Å². The molecule has 0 saturated carbocycles. The molecular formula is C23H32N3O3S+. The Kier molecular flexibility index (Phi) is 7.64. The first-order valence-corrected chi connectivity index (χ1v) is 12.0. The number of piperazine rings is 1. The Morgan fingerprint density at radius 2 is 1.77 bits per heavy atom. The molecule has 0 aliphatic carbocycles. The highest BCUT2D eigenvalue weighted by Gasteiger charge is 2.32. The van der Waals surface area contributed by atoms with Gasteiger partial charge in [-0.2, -0.15) is 4.31 Å². The Balaban J connectivity index is 1.42. The molecule has 1 heterocycles. The number of nitrogens with zero attached hydrogens (tertiary/aromatic N) is 1. The standard InChI is InChI=1S/C23H31N3O3S/c1-19-10-11-20(2)22(17-19)30(28,29)26-15-13-25(14-16-26)18-23(27)24-12-6-9-21-7-4-3-5-8-21/h3-5,7-8,10-11,17H,6,9,12-16,18H2,1-2H3,(H,24,27)/p+1. The molecule has 0 atom stereocenters. The van der Waals surface area contributed by atoms with Crippen molar-refractivity contribution in [3.63, 3.8) is 0 Å². The first kappa shape index (κ1) is 22.5. The zero-order valence-electron chi connectivity index (χ0n) is 17.9. The third-order valence-electron chi connectivity index (χ3n) is 5.61. The number of nitrogens with one attached hydrogen (secondary N) is 2. The van der Waals surface area contributed by atoms with E-state index in [0.29, 0.717) is 44.2 Å². The van der Waals surface area contributed by atoms with E-state index in [9.17, 15) is 13.2 Å². The van der Waals surface area contributed by atoms with Crippen molar-refractivity contribution in [2.24, 2.45) is 0 Å². The molecule has 0 spiro atoms. The summed E-state index contributed by atoms with van der Waals surface area (Å²) >= 11 is 0. The average molecular weight is 431 g/mol. The summed E-state index contributed by atoms with van der Waals surface area (Å²) in [6.07, 6.45) is 1.86. The van der Waals surface area contributed by atoms with Crippen LogP contribution in [0.3, 0.4) is 0 Å². The van der Waals surface area contributed by atoms with Crippen LogP contribution in [-0.2, 0) is 21.2 Å². The maximum Gasteiger partial charge on any atom is 0.275 e. The molecule has 0 aromatic heterocycles. The minimum absolute atomic E-state index is 0.0314. The van der Waals surface area contributed by atoms with Gasteiger partial charge in [-0.1, -0.05) is 42.5 Å². The highest BCUT2D eigenvalue weighted by atomic mass is 32.2. The number of rotatable bonds is 8. The highest BCUT2D eigenvalue weighted by molar-refractivity contribution is 7.89. The normalized spacial score (nSPS) is 15.8. The molecule has 1 aliphatic rings. The van der Waals surface area contributed by atoms with Gasteiger partial charge in [0.15, 0.2) is 6.54 Å². The van der Waals surface area contributed by atoms with Gasteiger partial charge in [-0.3, -0.25) is 4.79 Å². The molecule has 7 heteroatoms. The summed E-state index contributed by atoms with van der Waals surface area (Å²) in [6.45, 7) is 6.94. The summed E-state index contributed by atoms with van der Waals surface area (Å²) in [6, 6.07) is 15.8. The molecule has 1 saturated heterocycles. The molecule has 0 unspecified atom stereocenters. The van der Waals surface area contributed by atoms with Crippen LogP contribution in [-0.4, -0.2) is 57.9 Å². The average Bonchev–Trinajstić information content (AvgIpc) is 2.74. The van der Waals surface area contributed by atoms with E-state index in [1.165, 1.54) is 5.56 Å². The minimum atomic E-state index is -3.49. The molecule has 1 amide bonds. The summed E-state index contributed by atoms with van der Waals surface area (Å²) < 4.78 is 27.6. The molecule has 0 bridgehead atoms.